The highest BCUT2D eigenvalue weighted by molar-refractivity contribution is 4.87. The molecule has 0 bridgehead atoms. The van der Waals surface area contributed by atoms with Gasteiger partial charge in [0.2, 0.25) is 0 Å². The normalized spacial score (nSPS) is 15.2. The van der Waals surface area contributed by atoms with Gasteiger partial charge < -0.3 is 20.9 Å². The zero-order valence-electron chi connectivity index (χ0n) is 10.1. The van der Waals surface area contributed by atoms with E-state index in [1.165, 1.54) is 0 Å². The molecule has 0 radical (unpaired) electrons. The standard InChI is InChI=1S/C11H26N2O2/c1-3-11(9-12,10-15-2)13-7-5-4-6-8-14/h13-14H,3-10,12H2,1-2H3. The second-order valence-electron chi connectivity index (χ2n) is 3.98. The molecule has 92 valence electrons. The predicted octanol–water partition coefficient (Wildman–Crippen LogP) is 0.493. The molecule has 0 spiro atoms. The minimum absolute atomic E-state index is 0.0754. The molecule has 0 aliphatic rings. The quantitative estimate of drug-likeness (QED) is 0.467. The first kappa shape index (κ1) is 14.8. The Labute approximate surface area is 93.2 Å². The Bertz CT molecular complexity index is 139. The van der Waals surface area contributed by atoms with E-state index in [1.54, 1.807) is 7.11 Å². The summed E-state index contributed by atoms with van der Waals surface area (Å²) in [6, 6.07) is 0. The zero-order valence-corrected chi connectivity index (χ0v) is 10.1. The summed E-state index contributed by atoms with van der Waals surface area (Å²) in [5.74, 6) is 0. The lowest BCUT2D eigenvalue weighted by atomic mass is 9.97. The van der Waals surface area contributed by atoms with Gasteiger partial charge in [-0.05, 0) is 32.2 Å². The molecule has 0 aromatic heterocycles. The monoisotopic (exact) mass is 218 g/mol. The highest BCUT2D eigenvalue weighted by atomic mass is 16.5. The minimum atomic E-state index is -0.0754. The van der Waals surface area contributed by atoms with Crippen molar-refractivity contribution >= 4 is 0 Å². The molecule has 1 atom stereocenters. The van der Waals surface area contributed by atoms with Crippen LogP contribution in [0.25, 0.3) is 0 Å². The molecule has 0 rings (SSSR count). The second-order valence-corrected chi connectivity index (χ2v) is 3.98. The molecule has 0 aromatic carbocycles. The highest BCUT2D eigenvalue weighted by Gasteiger charge is 2.25. The molecule has 0 aliphatic heterocycles. The van der Waals surface area contributed by atoms with Gasteiger partial charge >= 0.3 is 0 Å². The number of rotatable bonds is 10. The van der Waals surface area contributed by atoms with Crippen molar-refractivity contribution in [2.75, 3.05) is 33.4 Å². The van der Waals surface area contributed by atoms with E-state index < -0.39 is 0 Å². The van der Waals surface area contributed by atoms with Gasteiger partial charge in [-0.15, -0.1) is 0 Å². The third-order valence-corrected chi connectivity index (χ3v) is 2.82. The van der Waals surface area contributed by atoms with Crippen molar-refractivity contribution < 1.29 is 9.84 Å². The van der Waals surface area contributed by atoms with Crippen LogP contribution in [0, 0.1) is 0 Å². The van der Waals surface area contributed by atoms with Crippen LogP contribution in [-0.4, -0.2) is 44.1 Å². The van der Waals surface area contributed by atoms with Crippen molar-refractivity contribution in [1.29, 1.82) is 0 Å². The molecule has 0 aliphatic carbocycles. The van der Waals surface area contributed by atoms with Gasteiger partial charge in [-0.3, -0.25) is 0 Å². The lowest BCUT2D eigenvalue weighted by molar-refractivity contribution is 0.109. The minimum Gasteiger partial charge on any atom is -0.396 e. The number of hydrogen-bond acceptors (Lipinski definition) is 4. The van der Waals surface area contributed by atoms with E-state index in [0.29, 0.717) is 13.2 Å². The van der Waals surface area contributed by atoms with E-state index in [0.717, 1.165) is 32.2 Å². The Hall–Kier alpha value is -0.160. The van der Waals surface area contributed by atoms with Gasteiger partial charge in [0.1, 0.15) is 0 Å². The van der Waals surface area contributed by atoms with Crippen LogP contribution in [0.1, 0.15) is 32.6 Å². The molecule has 4 nitrogen and oxygen atoms in total. The SMILES string of the molecule is CCC(CN)(COC)NCCCCCO. The predicted molar refractivity (Wildman–Crippen MR) is 62.9 cm³/mol. The average molecular weight is 218 g/mol. The molecule has 0 saturated carbocycles. The first-order valence-corrected chi connectivity index (χ1v) is 5.79. The van der Waals surface area contributed by atoms with Crippen LogP contribution in [0.2, 0.25) is 0 Å². The van der Waals surface area contributed by atoms with Gasteiger partial charge in [0.15, 0.2) is 0 Å². The molecule has 1 unspecified atom stereocenters. The summed E-state index contributed by atoms with van der Waals surface area (Å²) < 4.78 is 5.18. The molecule has 0 saturated heterocycles. The molecule has 0 amide bonds. The highest BCUT2D eigenvalue weighted by Crippen LogP contribution is 2.09. The maximum atomic E-state index is 8.64. The number of nitrogens with two attached hydrogens (primary N) is 1. The molecular formula is C11H26N2O2. The van der Waals surface area contributed by atoms with Crippen LogP contribution in [-0.2, 0) is 4.74 Å². The molecule has 0 fully saturated rings. The molecule has 4 N–H and O–H groups in total. The first-order chi connectivity index (χ1) is 7.24. The number of aliphatic hydroxyl groups is 1. The van der Waals surface area contributed by atoms with Crippen molar-refractivity contribution in [2.45, 2.75) is 38.1 Å². The van der Waals surface area contributed by atoms with E-state index in [1.807, 2.05) is 0 Å². The van der Waals surface area contributed by atoms with E-state index in [2.05, 4.69) is 12.2 Å². The number of aliphatic hydroxyl groups excluding tert-OH is 1. The summed E-state index contributed by atoms with van der Waals surface area (Å²) in [6.45, 7) is 4.59. The fourth-order valence-corrected chi connectivity index (χ4v) is 1.60. The van der Waals surface area contributed by atoms with Gasteiger partial charge in [0.05, 0.1) is 12.1 Å². The van der Waals surface area contributed by atoms with E-state index in [9.17, 15) is 0 Å². The number of methoxy groups -OCH3 is 1. The Morgan fingerprint density at radius 1 is 1.33 bits per heavy atom. The maximum Gasteiger partial charge on any atom is 0.0656 e. The lowest BCUT2D eigenvalue weighted by Gasteiger charge is -2.32. The third-order valence-electron chi connectivity index (χ3n) is 2.82. The number of hydrogen-bond donors (Lipinski definition) is 3. The Morgan fingerprint density at radius 3 is 2.53 bits per heavy atom. The lowest BCUT2D eigenvalue weighted by Crippen LogP contribution is -2.54. The van der Waals surface area contributed by atoms with Crippen molar-refractivity contribution in [3.63, 3.8) is 0 Å². The molecule has 0 heterocycles. The topological polar surface area (TPSA) is 67.5 Å². The summed E-state index contributed by atoms with van der Waals surface area (Å²) >= 11 is 0. The molecule has 15 heavy (non-hydrogen) atoms. The average Bonchev–Trinajstić information content (AvgIpc) is 2.27. The van der Waals surface area contributed by atoms with E-state index in [4.69, 9.17) is 15.6 Å². The van der Waals surface area contributed by atoms with Crippen LogP contribution in [0.3, 0.4) is 0 Å². The van der Waals surface area contributed by atoms with Crippen LogP contribution in [0.4, 0.5) is 0 Å². The largest absolute Gasteiger partial charge is 0.396 e. The Balaban J connectivity index is 3.74. The van der Waals surface area contributed by atoms with Crippen molar-refractivity contribution in [2.24, 2.45) is 5.73 Å². The summed E-state index contributed by atoms with van der Waals surface area (Å²) in [5, 5.41) is 12.1. The molecule has 0 aromatic rings. The van der Waals surface area contributed by atoms with Gasteiger partial charge in [0, 0.05) is 20.3 Å². The summed E-state index contributed by atoms with van der Waals surface area (Å²) in [6.07, 6.45) is 3.98. The fourth-order valence-electron chi connectivity index (χ4n) is 1.60. The van der Waals surface area contributed by atoms with Crippen LogP contribution in [0.15, 0.2) is 0 Å². The van der Waals surface area contributed by atoms with Crippen LogP contribution in [0.5, 0.6) is 0 Å². The number of unbranched alkanes of at least 4 members (excludes halogenated alkanes) is 2. The van der Waals surface area contributed by atoms with Crippen molar-refractivity contribution in [3.8, 4) is 0 Å². The summed E-state index contributed by atoms with van der Waals surface area (Å²) in [5.41, 5.74) is 5.69. The third kappa shape index (κ3) is 6.10. The smallest absolute Gasteiger partial charge is 0.0656 e. The maximum absolute atomic E-state index is 8.64. The van der Waals surface area contributed by atoms with E-state index in [-0.39, 0.29) is 12.1 Å². The van der Waals surface area contributed by atoms with Gasteiger partial charge in [0.25, 0.3) is 0 Å². The second kappa shape index (κ2) is 9.09. The fraction of sp³-hybridized carbons (Fsp3) is 1.00. The molecule has 4 heteroatoms. The number of ether oxygens (including phenoxy) is 1. The number of nitrogens with one attached hydrogen (secondary N) is 1. The van der Waals surface area contributed by atoms with Crippen molar-refractivity contribution in [3.05, 3.63) is 0 Å². The summed E-state index contributed by atoms with van der Waals surface area (Å²) in [4.78, 5) is 0. The zero-order chi connectivity index (χ0) is 11.6. The van der Waals surface area contributed by atoms with Gasteiger partial charge in [-0.25, -0.2) is 0 Å². The Kier molecular flexibility index (Phi) is 9.00. The van der Waals surface area contributed by atoms with Crippen LogP contribution >= 0.6 is 0 Å². The van der Waals surface area contributed by atoms with Gasteiger partial charge in [-0.1, -0.05) is 6.92 Å². The first-order valence-electron chi connectivity index (χ1n) is 5.79. The van der Waals surface area contributed by atoms with Gasteiger partial charge in [-0.2, -0.15) is 0 Å². The molecular weight excluding hydrogens is 192 g/mol. The Morgan fingerprint density at radius 2 is 2.07 bits per heavy atom. The van der Waals surface area contributed by atoms with Crippen LogP contribution < -0.4 is 11.1 Å². The van der Waals surface area contributed by atoms with Crippen molar-refractivity contribution in [1.82, 2.24) is 5.32 Å². The summed E-state index contributed by atoms with van der Waals surface area (Å²) in [7, 11) is 1.70. The van der Waals surface area contributed by atoms with E-state index >= 15 is 0 Å².